The number of hydrogen-bond acceptors (Lipinski definition) is 1. The Bertz CT molecular complexity index is 36.2. The first kappa shape index (κ1) is 5.42. The van der Waals surface area contributed by atoms with Gasteiger partial charge in [0.2, 0.25) is 0 Å². The molecule has 24 valence electrons. The van der Waals surface area contributed by atoms with Crippen LogP contribution in [0.15, 0.2) is 15.5 Å². The van der Waals surface area contributed by atoms with Gasteiger partial charge in [0.05, 0.1) is 0 Å². The molecular formula is C3H5NZr+2. The summed E-state index contributed by atoms with van der Waals surface area (Å²) >= 11 is 1.24. The molecule has 0 spiro atoms. The fraction of sp³-hybridized carbons (Fsp3) is 0.333. The maximum absolute atomic E-state index is 3.83. The van der Waals surface area contributed by atoms with Gasteiger partial charge in [-0.25, -0.2) is 0 Å². The molecule has 0 saturated carbocycles. The number of rotatable bonds is 2. The SMILES string of the molecule is C=CC[N]=[Zr+2]. The van der Waals surface area contributed by atoms with Crippen molar-refractivity contribution in [2.75, 3.05) is 6.54 Å². The summed E-state index contributed by atoms with van der Waals surface area (Å²) in [6.07, 6.45) is 1.79. The molecule has 0 atom stereocenters. The molecule has 0 amide bonds. The molecular weight excluding hydrogens is 141 g/mol. The van der Waals surface area contributed by atoms with E-state index >= 15 is 0 Å². The van der Waals surface area contributed by atoms with E-state index in [4.69, 9.17) is 0 Å². The molecule has 2 heteroatoms. The van der Waals surface area contributed by atoms with Crippen LogP contribution in [-0.2, 0) is 24.6 Å². The van der Waals surface area contributed by atoms with Crippen LogP contribution in [-0.4, -0.2) is 6.54 Å². The monoisotopic (exact) mass is 145 g/mol. The van der Waals surface area contributed by atoms with E-state index in [-0.39, 0.29) is 0 Å². The van der Waals surface area contributed by atoms with E-state index in [1.807, 2.05) is 0 Å². The minimum absolute atomic E-state index is 0.818. The van der Waals surface area contributed by atoms with Crippen LogP contribution in [0.2, 0.25) is 0 Å². The molecule has 5 heavy (non-hydrogen) atoms. The Morgan fingerprint density at radius 2 is 2.60 bits per heavy atom. The zero-order valence-corrected chi connectivity index (χ0v) is 5.40. The summed E-state index contributed by atoms with van der Waals surface area (Å²) in [6.45, 7) is 4.29. The summed E-state index contributed by atoms with van der Waals surface area (Å²) < 4.78 is 3.83. The van der Waals surface area contributed by atoms with Crippen LogP contribution >= 0.6 is 0 Å². The van der Waals surface area contributed by atoms with Gasteiger partial charge >= 0.3 is 46.6 Å². The van der Waals surface area contributed by atoms with Crippen LogP contribution in [0, 0.1) is 0 Å². The van der Waals surface area contributed by atoms with Gasteiger partial charge in [-0.15, -0.1) is 0 Å². The van der Waals surface area contributed by atoms with Gasteiger partial charge in [0.1, 0.15) is 0 Å². The predicted molar refractivity (Wildman–Crippen MR) is 17.5 cm³/mol. The predicted octanol–water partition coefficient (Wildman–Crippen LogP) is 0.903. The van der Waals surface area contributed by atoms with E-state index in [1.54, 1.807) is 6.08 Å². The molecule has 0 rings (SSSR count). The maximum atomic E-state index is 3.83. The van der Waals surface area contributed by atoms with Crippen LogP contribution in [0.4, 0.5) is 0 Å². The molecule has 0 radical (unpaired) electrons. The summed E-state index contributed by atoms with van der Waals surface area (Å²) in [4.78, 5) is 0. The molecule has 0 N–H and O–H groups in total. The second-order valence-electron chi connectivity index (χ2n) is 0.629. The first-order chi connectivity index (χ1) is 2.41. The van der Waals surface area contributed by atoms with Gasteiger partial charge in [-0.3, -0.25) is 0 Å². The summed E-state index contributed by atoms with van der Waals surface area (Å²) in [5.74, 6) is 0. The number of hydrogen-bond donors (Lipinski definition) is 0. The van der Waals surface area contributed by atoms with Crippen molar-refractivity contribution in [2.45, 2.75) is 0 Å². The third-order valence-electron chi connectivity index (χ3n) is 0.220. The summed E-state index contributed by atoms with van der Waals surface area (Å²) in [7, 11) is 0. The molecule has 0 aromatic rings. The van der Waals surface area contributed by atoms with E-state index in [1.165, 1.54) is 24.6 Å². The van der Waals surface area contributed by atoms with E-state index < -0.39 is 0 Å². The quantitative estimate of drug-likeness (QED) is 0.513. The fourth-order valence-electron chi connectivity index (χ4n) is 0.0645. The molecule has 0 aliphatic rings. The first-order valence-electron chi connectivity index (χ1n) is 1.36. The van der Waals surface area contributed by atoms with Crippen molar-refractivity contribution < 1.29 is 24.6 Å². The van der Waals surface area contributed by atoms with Crippen molar-refractivity contribution in [3.8, 4) is 0 Å². The van der Waals surface area contributed by atoms with Crippen molar-refractivity contribution in [3.05, 3.63) is 12.7 Å². The van der Waals surface area contributed by atoms with Gasteiger partial charge in [-0.1, -0.05) is 0 Å². The van der Waals surface area contributed by atoms with Crippen LogP contribution < -0.4 is 0 Å². The van der Waals surface area contributed by atoms with Gasteiger partial charge in [0, 0.05) is 0 Å². The molecule has 0 bridgehead atoms. The Hall–Kier alpha value is 0.423. The second-order valence-corrected chi connectivity index (χ2v) is 1.41. The van der Waals surface area contributed by atoms with Gasteiger partial charge in [0.15, 0.2) is 0 Å². The normalized spacial score (nSPS) is 6.80. The van der Waals surface area contributed by atoms with Gasteiger partial charge in [0.25, 0.3) is 0 Å². The van der Waals surface area contributed by atoms with E-state index in [0.717, 1.165) is 6.54 Å². The van der Waals surface area contributed by atoms with Crippen molar-refractivity contribution in [3.63, 3.8) is 0 Å². The van der Waals surface area contributed by atoms with Crippen LogP contribution in [0.3, 0.4) is 0 Å². The van der Waals surface area contributed by atoms with Crippen LogP contribution in [0.5, 0.6) is 0 Å². The molecule has 0 heterocycles. The van der Waals surface area contributed by atoms with Gasteiger partial charge in [-0.05, 0) is 0 Å². The Kier molecular flexibility index (Phi) is 4.80. The van der Waals surface area contributed by atoms with Gasteiger partial charge < -0.3 is 0 Å². The van der Waals surface area contributed by atoms with E-state index in [0.29, 0.717) is 0 Å². The standard InChI is InChI=1S/C3H5N.Zr/c1-2-3-4;/h2H,1,3H2;/q;+2. The van der Waals surface area contributed by atoms with E-state index in [9.17, 15) is 0 Å². The molecule has 0 aromatic heterocycles. The fourth-order valence-corrected chi connectivity index (χ4v) is 0.382. The topological polar surface area (TPSA) is 12.4 Å². The summed E-state index contributed by atoms with van der Waals surface area (Å²) in [6, 6.07) is 0. The van der Waals surface area contributed by atoms with Crippen molar-refractivity contribution >= 4 is 0 Å². The molecule has 0 unspecified atom stereocenters. The zero-order valence-electron chi connectivity index (χ0n) is 2.94. The Labute approximate surface area is 46.9 Å². The molecule has 0 aliphatic heterocycles. The first-order valence-corrected chi connectivity index (χ1v) is 2.46. The molecule has 1 nitrogen and oxygen atoms in total. The van der Waals surface area contributed by atoms with Crippen molar-refractivity contribution in [1.29, 1.82) is 0 Å². The van der Waals surface area contributed by atoms with E-state index in [2.05, 4.69) is 9.45 Å². The minimum atomic E-state index is 0.818. The Balaban J connectivity index is 2.65. The summed E-state index contributed by atoms with van der Waals surface area (Å²) in [5, 5.41) is 0. The third kappa shape index (κ3) is 4.42. The molecule has 0 aromatic carbocycles. The van der Waals surface area contributed by atoms with Crippen molar-refractivity contribution in [2.24, 2.45) is 2.87 Å². The third-order valence-corrected chi connectivity index (χ3v) is 0.669. The van der Waals surface area contributed by atoms with Crippen LogP contribution in [0.25, 0.3) is 0 Å². The second kappa shape index (κ2) is 4.42. The average molecular weight is 146 g/mol. The Morgan fingerprint density at radius 3 is 2.60 bits per heavy atom. The average Bonchev–Trinajstić information content (AvgIpc) is 1.41. The van der Waals surface area contributed by atoms with Gasteiger partial charge in [-0.2, -0.15) is 0 Å². The number of nitrogens with zero attached hydrogens (tertiary/aromatic N) is 1. The molecule has 0 aliphatic carbocycles. The van der Waals surface area contributed by atoms with Crippen LogP contribution in [0.1, 0.15) is 0 Å². The molecule has 0 fully saturated rings. The Morgan fingerprint density at radius 1 is 2.00 bits per heavy atom. The molecule has 0 saturated heterocycles. The summed E-state index contributed by atoms with van der Waals surface area (Å²) in [5.41, 5.74) is 0. The van der Waals surface area contributed by atoms with Crippen molar-refractivity contribution in [1.82, 2.24) is 0 Å². The zero-order chi connectivity index (χ0) is 4.12.